The summed E-state index contributed by atoms with van der Waals surface area (Å²) in [6.45, 7) is 5.87. The molecule has 0 saturated carbocycles. The minimum Gasteiger partial charge on any atom is -0.491 e. The highest BCUT2D eigenvalue weighted by Gasteiger charge is 2.37. The zero-order valence-electron chi connectivity index (χ0n) is 18.3. The van der Waals surface area contributed by atoms with E-state index in [9.17, 15) is 9.18 Å². The van der Waals surface area contributed by atoms with E-state index in [2.05, 4.69) is 33.1 Å². The molecule has 8 nitrogen and oxygen atoms in total. The second kappa shape index (κ2) is 9.19. The summed E-state index contributed by atoms with van der Waals surface area (Å²) in [6, 6.07) is 11.4. The molecule has 1 fully saturated rings. The normalized spacial score (nSPS) is 25.8. The highest BCUT2D eigenvalue weighted by Crippen LogP contribution is 2.33. The molecular formula is C24H28FN6O2+. The monoisotopic (exact) mass is 451 g/mol. The lowest BCUT2D eigenvalue weighted by atomic mass is 9.97. The molecule has 5 rings (SSSR count). The Kier molecular flexibility index (Phi) is 5.95. The van der Waals surface area contributed by atoms with Gasteiger partial charge in [0.05, 0.1) is 12.6 Å². The van der Waals surface area contributed by atoms with Gasteiger partial charge in [0, 0.05) is 35.3 Å². The summed E-state index contributed by atoms with van der Waals surface area (Å²) in [4.78, 5) is 17.1. The molecule has 1 amide bonds. The number of rotatable bonds is 6. The Hall–Kier alpha value is -3.46. The molecule has 3 unspecified atom stereocenters. The summed E-state index contributed by atoms with van der Waals surface area (Å²) in [5.74, 6) is 0.406. The van der Waals surface area contributed by atoms with Crippen LogP contribution in [0.5, 0.6) is 5.75 Å². The second-order valence-corrected chi connectivity index (χ2v) is 8.61. The number of fused-ring (bicyclic) bond motifs is 1. The molecule has 0 aromatic heterocycles. The van der Waals surface area contributed by atoms with Crippen molar-refractivity contribution in [3.05, 3.63) is 59.4 Å². The molecule has 9 heteroatoms. The van der Waals surface area contributed by atoms with Crippen molar-refractivity contribution in [2.24, 2.45) is 10.9 Å². The molecule has 33 heavy (non-hydrogen) atoms. The molecule has 2 aromatic carbocycles. The van der Waals surface area contributed by atoms with Gasteiger partial charge in [-0.2, -0.15) is 5.43 Å². The minimum atomic E-state index is -0.355. The van der Waals surface area contributed by atoms with E-state index in [-0.39, 0.29) is 36.7 Å². The van der Waals surface area contributed by atoms with Crippen LogP contribution in [0.1, 0.15) is 34.8 Å². The first-order valence-corrected chi connectivity index (χ1v) is 11.2. The summed E-state index contributed by atoms with van der Waals surface area (Å²) in [5.41, 5.74) is 5.57. The van der Waals surface area contributed by atoms with Gasteiger partial charge in [-0.05, 0) is 43.3 Å². The molecule has 1 saturated heterocycles. The highest BCUT2D eigenvalue weighted by molar-refractivity contribution is 5.95. The van der Waals surface area contributed by atoms with Crippen LogP contribution in [0.15, 0.2) is 47.5 Å². The van der Waals surface area contributed by atoms with Crippen molar-refractivity contribution in [1.82, 2.24) is 16.1 Å². The number of carbonyl (C=O) groups is 1. The zero-order valence-corrected chi connectivity index (χ0v) is 18.3. The Balaban J connectivity index is 1.17. The quantitative estimate of drug-likeness (QED) is 0.505. The fourth-order valence-corrected chi connectivity index (χ4v) is 4.51. The van der Waals surface area contributed by atoms with Gasteiger partial charge in [0.2, 0.25) is 0 Å². The molecule has 3 aliphatic heterocycles. The van der Waals surface area contributed by atoms with E-state index in [1.807, 2.05) is 29.1 Å². The van der Waals surface area contributed by atoms with Gasteiger partial charge in [-0.1, -0.05) is 12.1 Å². The fraction of sp³-hybridized carbons (Fsp3) is 0.375. The molecule has 4 atom stereocenters. The predicted octanol–water partition coefficient (Wildman–Crippen LogP) is 2.05. The predicted molar refractivity (Wildman–Crippen MR) is 124 cm³/mol. The molecule has 2 aromatic rings. The van der Waals surface area contributed by atoms with Crippen LogP contribution in [0.4, 0.5) is 10.1 Å². The van der Waals surface area contributed by atoms with E-state index in [1.54, 1.807) is 12.1 Å². The van der Waals surface area contributed by atoms with Gasteiger partial charge in [0.1, 0.15) is 24.3 Å². The van der Waals surface area contributed by atoms with E-state index in [0.717, 1.165) is 30.6 Å². The Bertz CT molecular complexity index is 1090. The number of nitrogens with zero attached hydrogens (tertiary/aromatic N) is 2. The fourth-order valence-electron chi connectivity index (χ4n) is 4.51. The summed E-state index contributed by atoms with van der Waals surface area (Å²) < 4.78 is 20.8. The number of hydrogen-bond donors (Lipinski definition) is 4. The summed E-state index contributed by atoms with van der Waals surface area (Å²) >= 11 is 0. The number of nitrogens with one attached hydrogen (secondary N) is 4. The van der Waals surface area contributed by atoms with Crippen LogP contribution < -0.4 is 26.1 Å². The van der Waals surface area contributed by atoms with Crippen molar-refractivity contribution < 1.29 is 18.6 Å². The largest absolute Gasteiger partial charge is 0.491 e. The van der Waals surface area contributed by atoms with Crippen LogP contribution >= 0.6 is 0 Å². The van der Waals surface area contributed by atoms with E-state index in [4.69, 9.17) is 4.74 Å². The van der Waals surface area contributed by atoms with Crippen molar-refractivity contribution in [3.63, 3.8) is 0 Å². The first-order chi connectivity index (χ1) is 16.1. The Morgan fingerprint density at radius 2 is 2.21 bits per heavy atom. The molecule has 0 bridgehead atoms. The standard InChI is InChI=1S/C24H27FN6O2/c1-31-22(29-23(30-31)15-7-9-26-10-8-15)13-27-18-4-2-3-16(11-18)24(32)28-20-14-33-21-12-17(25)5-6-19(20)21/h2-6,9,11-12,15,20,22-23,27,29-30H,1,7-8,10,13-14H2/p+1/t15?,20-,22?,23?/m0/s1. The van der Waals surface area contributed by atoms with Crippen LogP contribution in [-0.2, 0) is 0 Å². The van der Waals surface area contributed by atoms with E-state index < -0.39 is 0 Å². The second-order valence-electron chi connectivity index (χ2n) is 8.61. The summed E-state index contributed by atoms with van der Waals surface area (Å²) in [6.07, 6.45) is 4.20. The van der Waals surface area contributed by atoms with Gasteiger partial charge in [-0.25, -0.2) is 9.71 Å². The van der Waals surface area contributed by atoms with Gasteiger partial charge >= 0.3 is 0 Å². The maximum atomic E-state index is 13.4. The molecule has 3 heterocycles. The minimum absolute atomic E-state index is 0.0129. The van der Waals surface area contributed by atoms with Gasteiger partial charge in [0.15, 0.2) is 6.72 Å². The Labute approximate surface area is 191 Å². The number of amides is 1. The number of hydrazine groups is 1. The van der Waals surface area contributed by atoms with E-state index in [1.165, 1.54) is 12.1 Å². The third-order valence-electron chi connectivity index (χ3n) is 6.38. The lowest BCUT2D eigenvalue weighted by Gasteiger charge is -2.21. The SMILES string of the molecule is C=[N+]1NC(C2CC=NCC2)NC1CNc1cccc(C(=O)N[C@H]2COc3cc(F)ccc32)c1. The number of halogens is 1. The van der Waals surface area contributed by atoms with Crippen molar-refractivity contribution in [2.45, 2.75) is 31.2 Å². The molecular weight excluding hydrogens is 423 g/mol. The zero-order chi connectivity index (χ0) is 22.8. The van der Waals surface area contributed by atoms with Crippen LogP contribution in [0.25, 0.3) is 0 Å². The van der Waals surface area contributed by atoms with Crippen molar-refractivity contribution in [3.8, 4) is 5.75 Å². The maximum absolute atomic E-state index is 13.4. The van der Waals surface area contributed by atoms with Gasteiger partial charge in [-0.3, -0.25) is 9.79 Å². The highest BCUT2D eigenvalue weighted by atomic mass is 19.1. The van der Waals surface area contributed by atoms with Gasteiger partial charge in [-0.15, -0.1) is 4.68 Å². The number of ether oxygens (including phenoxy) is 1. The first kappa shape index (κ1) is 21.4. The number of aliphatic imine (C=N–C) groups is 1. The van der Waals surface area contributed by atoms with Crippen molar-refractivity contribution in [2.75, 3.05) is 25.0 Å². The van der Waals surface area contributed by atoms with Gasteiger partial charge in [0.25, 0.3) is 12.1 Å². The van der Waals surface area contributed by atoms with Crippen molar-refractivity contribution in [1.29, 1.82) is 0 Å². The average Bonchev–Trinajstić information content (AvgIpc) is 3.41. The molecule has 3 aliphatic rings. The third-order valence-corrected chi connectivity index (χ3v) is 6.38. The maximum Gasteiger partial charge on any atom is 0.253 e. The smallest absolute Gasteiger partial charge is 0.253 e. The van der Waals surface area contributed by atoms with Gasteiger partial charge < -0.3 is 15.4 Å². The van der Waals surface area contributed by atoms with Crippen LogP contribution in [0.2, 0.25) is 0 Å². The number of hydrogen-bond acceptors (Lipinski definition) is 6. The van der Waals surface area contributed by atoms with Crippen LogP contribution in [0, 0.1) is 11.7 Å². The molecule has 0 radical (unpaired) electrons. The van der Waals surface area contributed by atoms with Crippen molar-refractivity contribution >= 4 is 24.5 Å². The number of hydrazone groups is 1. The average molecular weight is 452 g/mol. The summed E-state index contributed by atoms with van der Waals surface area (Å²) in [7, 11) is 0. The van der Waals surface area contributed by atoms with Crippen LogP contribution in [0.3, 0.4) is 0 Å². The lowest BCUT2D eigenvalue weighted by molar-refractivity contribution is -0.593. The first-order valence-electron chi connectivity index (χ1n) is 11.2. The van der Waals surface area contributed by atoms with E-state index >= 15 is 0 Å². The molecule has 172 valence electrons. The molecule has 0 aliphatic carbocycles. The lowest BCUT2D eigenvalue weighted by Crippen LogP contribution is -2.43. The van der Waals surface area contributed by atoms with E-state index in [0.29, 0.717) is 23.8 Å². The number of benzene rings is 2. The Morgan fingerprint density at radius 1 is 1.30 bits per heavy atom. The number of carbonyl (C=O) groups excluding carboxylic acids is 1. The molecule has 0 spiro atoms. The topological polar surface area (TPSA) is 89.8 Å². The summed E-state index contributed by atoms with van der Waals surface area (Å²) in [5, 5.41) is 9.96. The Morgan fingerprint density at radius 3 is 3.06 bits per heavy atom. The van der Waals surface area contributed by atoms with Crippen LogP contribution in [-0.4, -0.2) is 55.6 Å². The number of anilines is 1. The third kappa shape index (κ3) is 4.68. The molecule has 4 N–H and O–H groups in total.